The number of carbonyl (C=O) groups excluding carboxylic acids is 1. The maximum atomic E-state index is 11.1. The molecule has 2 amide bonds. The molecule has 72 valence electrons. The molecule has 0 aliphatic rings. The smallest absolute Gasteiger partial charge is 0.321 e. The Labute approximate surface area is 81.8 Å². The highest BCUT2D eigenvalue weighted by Gasteiger charge is 2.02. The number of rotatable bonds is 2. The van der Waals surface area contributed by atoms with Crippen molar-refractivity contribution in [2.75, 3.05) is 11.9 Å². The molecule has 0 saturated heterocycles. The minimum absolute atomic E-state index is 0.0162. The first-order valence-electron chi connectivity index (χ1n) is 4.07. The lowest BCUT2D eigenvalue weighted by Crippen LogP contribution is -2.29. The summed E-state index contributed by atoms with van der Waals surface area (Å²) < 4.78 is 0. The van der Waals surface area contributed by atoms with Crippen molar-refractivity contribution in [3.8, 4) is 6.07 Å². The molecule has 0 aliphatic heterocycles. The second-order valence-electron chi connectivity index (χ2n) is 2.63. The lowest BCUT2D eigenvalue weighted by molar-refractivity contribution is 0.253. The number of aryl methyl sites for hydroxylation is 1. The number of carbonyl (C=O) groups is 1. The van der Waals surface area contributed by atoms with Crippen LogP contribution >= 0.6 is 0 Å². The Morgan fingerprint density at radius 1 is 1.71 bits per heavy atom. The van der Waals surface area contributed by atoms with Crippen LogP contribution in [0.1, 0.15) is 5.56 Å². The van der Waals surface area contributed by atoms with Gasteiger partial charge < -0.3 is 5.32 Å². The second kappa shape index (κ2) is 4.82. The van der Waals surface area contributed by atoms with E-state index in [0.29, 0.717) is 5.82 Å². The van der Waals surface area contributed by atoms with Gasteiger partial charge >= 0.3 is 6.03 Å². The molecular formula is C9H10N4O. The first kappa shape index (κ1) is 9.99. The fourth-order valence-electron chi connectivity index (χ4n) is 0.888. The van der Waals surface area contributed by atoms with Crippen LogP contribution in [-0.4, -0.2) is 17.6 Å². The van der Waals surface area contributed by atoms with E-state index in [1.54, 1.807) is 18.3 Å². The number of hydrogen-bond acceptors (Lipinski definition) is 3. The van der Waals surface area contributed by atoms with Crippen molar-refractivity contribution in [1.82, 2.24) is 10.3 Å². The summed E-state index contributed by atoms with van der Waals surface area (Å²) in [5, 5.41) is 13.1. The molecule has 0 spiro atoms. The molecule has 14 heavy (non-hydrogen) atoms. The summed E-state index contributed by atoms with van der Waals surface area (Å²) in [6.45, 7) is 1.82. The first-order chi connectivity index (χ1) is 6.74. The number of pyridine rings is 1. The highest BCUT2D eigenvalue weighted by Crippen LogP contribution is 2.08. The SMILES string of the molecule is Cc1cccnc1NC(=O)NCC#N. The number of nitrogens with one attached hydrogen (secondary N) is 2. The summed E-state index contributed by atoms with van der Waals surface area (Å²) >= 11 is 0. The summed E-state index contributed by atoms with van der Waals surface area (Å²) in [6, 6.07) is 5.01. The normalized spacial score (nSPS) is 8.86. The minimum atomic E-state index is -0.423. The minimum Gasteiger partial charge on any atom is -0.325 e. The summed E-state index contributed by atoms with van der Waals surface area (Å²) in [5.74, 6) is 0.503. The molecule has 1 heterocycles. The Kier molecular flexibility index (Phi) is 3.44. The summed E-state index contributed by atoms with van der Waals surface area (Å²) in [7, 11) is 0. The van der Waals surface area contributed by atoms with Gasteiger partial charge in [-0.15, -0.1) is 0 Å². The zero-order valence-electron chi connectivity index (χ0n) is 7.74. The molecule has 0 radical (unpaired) electrons. The van der Waals surface area contributed by atoms with Crippen LogP contribution in [0.15, 0.2) is 18.3 Å². The van der Waals surface area contributed by atoms with Crippen molar-refractivity contribution in [2.45, 2.75) is 6.92 Å². The van der Waals surface area contributed by atoms with Crippen molar-refractivity contribution < 1.29 is 4.79 Å². The quantitative estimate of drug-likeness (QED) is 0.684. The molecule has 0 aliphatic carbocycles. The van der Waals surface area contributed by atoms with Crippen molar-refractivity contribution in [1.29, 1.82) is 5.26 Å². The van der Waals surface area contributed by atoms with Crippen molar-refractivity contribution in [3.05, 3.63) is 23.9 Å². The van der Waals surface area contributed by atoms with Gasteiger partial charge in [-0.05, 0) is 18.6 Å². The van der Waals surface area contributed by atoms with Gasteiger partial charge in [-0.3, -0.25) is 5.32 Å². The van der Waals surface area contributed by atoms with E-state index >= 15 is 0 Å². The van der Waals surface area contributed by atoms with Crippen LogP contribution in [0.4, 0.5) is 10.6 Å². The summed E-state index contributed by atoms with van der Waals surface area (Å²) in [4.78, 5) is 15.1. The van der Waals surface area contributed by atoms with Crippen molar-refractivity contribution in [3.63, 3.8) is 0 Å². The molecule has 0 atom stereocenters. The van der Waals surface area contributed by atoms with Crippen LogP contribution < -0.4 is 10.6 Å². The lowest BCUT2D eigenvalue weighted by atomic mass is 10.3. The van der Waals surface area contributed by atoms with E-state index < -0.39 is 6.03 Å². The van der Waals surface area contributed by atoms with Gasteiger partial charge in [0, 0.05) is 6.20 Å². The molecule has 2 N–H and O–H groups in total. The van der Waals surface area contributed by atoms with Gasteiger partial charge in [0.15, 0.2) is 0 Å². The highest BCUT2D eigenvalue weighted by molar-refractivity contribution is 5.88. The molecule has 0 fully saturated rings. The molecular weight excluding hydrogens is 180 g/mol. The van der Waals surface area contributed by atoms with Crippen LogP contribution in [-0.2, 0) is 0 Å². The Morgan fingerprint density at radius 2 is 2.50 bits per heavy atom. The number of urea groups is 1. The van der Waals surface area contributed by atoms with Crippen LogP contribution in [0, 0.1) is 18.3 Å². The molecule has 1 aromatic rings. The third-order valence-corrected chi connectivity index (χ3v) is 1.57. The molecule has 0 unspecified atom stereocenters. The number of anilines is 1. The van der Waals surface area contributed by atoms with Crippen molar-refractivity contribution in [2.24, 2.45) is 0 Å². The Hall–Kier alpha value is -2.09. The number of amides is 2. The molecule has 5 heteroatoms. The number of hydrogen-bond donors (Lipinski definition) is 2. The van der Waals surface area contributed by atoms with Crippen LogP contribution in [0.5, 0.6) is 0 Å². The van der Waals surface area contributed by atoms with Crippen LogP contribution in [0.25, 0.3) is 0 Å². The first-order valence-corrected chi connectivity index (χ1v) is 4.07. The van der Waals surface area contributed by atoms with Gasteiger partial charge in [0.2, 0.25) is 0 Å². The molecule has 1 rings (SSSR count). The van der Waals surface area contributed by atoms with Gasteiger partial charge in [-0.2, -0.15) is 5.26 Å². The van der Waals surface area contributed by atoms with Gasteiger partial charge in [-0.25, -0.2) is 9.78 Å². The third-order valence-electron chi connectivity index (χ3n) is 1.57. The molecule has 0 bridgehead atoms. The fourth-order valence-corrected chi connectivity index (χ4v) is 0.888. The average molecular weight is 190 g/mol. The largest absolute Gasteiger partial charge is 0.325 e. The van der Waals surface area contributed by atoms with E-state index in [1.807, 2.05) is 13.0 Å². The van der Waals surface area contributed by atoms with Crippen LogP contribution in [0.3, 0.4) is 0 Å². The second-order valence-corrected chi connectivity index (χ2v) is 2.63. The maximum absolute atomic E-state index is 11.1. The maximum Gasteiger partial charge on any atom is 0.321 e. The average Bonchev–Trinajstić information content (AvgIpc) is 2.18. The Morgan fingerprint density at radius 3 is 3.14 bits per heavy atom. The topological polar surface area (TPSA) is 77.8 Å². The van der Waals surface area contributed by atoms with Gasteiger partial charge in [0.05, 0.1) is 6.07 Å². The molecule has 0 aromatic carbocycles. The monoisotopic (exact) mass is 190 g/mol. The van der Waals surface area contributed by atoms with E-state index in [-0.39, 0.29) is 6.54 Å². The van der Waals surface area contributed by atoms with Crippen LogP contribution in [0.2, 0.25) is 0 Å². The molecule has 5 nitrogen and oxygen atoms in total. The molecule has 0 saturated carbocycles. The Balaban J connectivity index is 2.57. The Bertz CT molecular complexity index is 369. The highest BCUT2D eigenvalue weighted by atomic mass is 16.2. The lowest BCUT2D eigenvalue weighted by Gasteiger charge is -2.05. The fraction of sp³-hybridized carbons (Fsp3) is 0.222. The predicted octanol–water partition coefficient (Wildman–Crippen LogP) is 1.04. The van der Waals surface area contributed by atoms with Gasteiger partial charge in [-0.1, -0.05) is 6.07 Å². The van der Waals surface area contributed by atoms with Gasteiger partial charge in [0.1, 0.15) is 12.4 Å². The molecule has 1 aromatic heterocycles. The predicted molar refractivity (Wildman–Crippen MR) is 51.6 cm³/mol. The van der Waals surface area contributed by atoms with E-state index in [9.17, 15) is 4.79 Å². The van der Waals surface area contributed by atoms with E-state index in [1.165, 1.54) is 0 Å². The van der Waals surface area contributed by atoms with Crippen molar-refractivity contribution >= 4 is 11.8 Å². The third kappa shape index (κ3) is 2.75. The standard InChI is InChI=1S/C9H10N4O/c1-7-3-2-5-11-8(7)13-9(14)12-6-4-10/h2-3,5H,6H2,1H3,(H2,11,12,13,14). The zero-order valence-corrected chi connectivity index (χ0v) is 7.74. The van der Waals surface area contributed by atoms with E-state index in [0.717, 1.165) is 5.56 Å². The number of aromatic nitrogens is 1. The van der Waals surface area contributed by atoms with E-state index in [2.05, 4.69) is 15.6 Å². The van der Waals surface area contributed by atoms with E-state index in [4.69, 9.17) is 5.26 Å². The number of nitriles is 1. The van der Waals surface area contributed by atoms with Gasteiger partial charge in [0.25, 0.3) is 0 Å². The summed E-state index contributed by atoms with van der Waals surface area (Å²) in [5.41, 5.74) is 0.875. The summed E-state index contributed by atoms with van der Waals surface area (Å²) in [6.07, 6.45) is 1.59. The zero-order chi connectivity index (χ0) is 10.4. The number of nitrogens with zero attached hydrogens (tertiary/aromatic N) is 2.